The van der Waals surface area contributed by atoms with Crippen molar-refractivity contribution >= 4 is 57.6 Å². The number of piperazine rings is 1. The third-order valence-corrected chi connectivity index (χ3v) is 10.6. The third-order valence-electron chi connectivity index (χ3n) is 10.4. The van der Waals surface area contributed by atoms with Gasteiger partial charge >= 0.3 is 0 Å². The SMILES string of the molecule is O=C(CCC(=O)N1CCN(C(=O)c2cc(Cc3n[nH]c(=O)c4ccccc34)ccc2F)CC1)NCCOCCOCCNC(=O)COc1ccc2c(c1)CCCN2C(=O)CCl. The van der Waals surface area contributed by atoms with Gasteiger partial charge in [-0.3, -0.25) is 28.8 Å². The fraction of sp³-hybridized carbons (Fsp3) is 0.419. The largest absolute Gasteiger partial charge is 0.484 e. The number of nitrogens with one attached hydrogen (secondary N) is 3. The highest BCUT2D eigenvalue weighted by molar-refractivity contribution is 6.29. The minimum absolute atomic E-state index is 0.00144. The smallest absolute Gasteiger partial charge is 0.272 e. The first kappa shape index (κ1) is 44.6. The van der Waals surface area contributed by atoms with Gasteiger partial charge < -0.3 is 39.5 Å². The van der Waals surface area contributed by atoms with Crippen LogP contribution < -0.4 is 25.8 Å². The Labute approximate surface area is 356 Å². The number of rotatable bonds is 19. The first-order chi connectivity index (χ1) is 29.6. The highest BCUT2D eigenvalue weighted by Crippen LogP contribution is 2.31. The molecular formula is C43H49ClFN7O9. The molecule has 4 aromatic rings. The average molecular weight is 862 g/mol. The number of alkyl halides is 1. The molecule has 6 rings (SSSR count). The van der Waals surface area contributed by atoms with E-state index in [2.05, 4.69) is 20.8 Å². The Kier molecular flexibility index (Phi) is 16.2. The molecule has 0 radical (unpaired) electrons. The number of aromatic amines is 1. The molecule has 61 heavy (non-hydrogen) atoms. The van der Waals surface area contributed by atoms with Gasteiger partial charge in [-0.2, -0.15) is 5.10 Å². The number of anilines is 1. The minimum atomic E-state index is -0.655. The molecule has 2 aliphatic rings. The second-order valence-electron chi connectivity index (χ2n) is 14.5. The number of aryl methyl sites for hydroxylation is 1. The maximum Gasteiger partial charge on any atom is 0.272 e. The number of hydrogen-bond acceptors (Lipinski definition) is 10. The van der Waals surface area contributed by atoms with E-state index in [1.807, 2.05) is 12.1 Å². The predicted molar refractivity (Wildman–Crippen MR) is 224 cm³/mol. The van der Waals surface area contributed by atoms with Crippen molar-refractivity contribution in [3.8, 4) is 5.75 Å². The third kappa shape index (κ3) is 12.3. The number of ether oxygens (including phenoxy) is 3. The van der Waals surface area contributed by atoms with Gasteiger partial charge in [-0.05, 0) is 60.4 Å². The molecule has 2 aliphatic heterocycles. The Balaban J connectivity index is 0.787. The van der Waals surface area contributed by atoms with E-state index in [4.69, 9.17) is 25.8 Å². The molecule has 16 nitrogen and oxygen atoms in total. The van der Waals surface area contributed by atoms with Crippen LogP contribution >= 0.6 is 11.6 Å². The summed E-state index contributed by atoms with van der Waals surface area (Å²) < 4.78 is 31.5. The van der Waals surface area contributed by atoms with Crippen LogP contribution in [0.4, 0.5) is 10.1 Å². The van der Waals surface area contributed by atoms with E-state index in [0.717, 1.165) is 24.1 Å². The summed E-state index contributed by atoms with van der Waals surface area (Å²) in [6.07, 6.45) is 1.91. The van der Waals surface area contributed by atoms with Crippen LogP contribution in [0.15, 0.2) is 65.5 Å². The normalized spacial score (nSPS) is 13.8. The molecule has 18 heteroatoms. The maximum atomic E-state index is 14.9. The molecule has 3 aromatic carbocycles. The van der Waals surface area contributed by atoms with Crippen molar-refractivity contribution in [2.75, 3.05) is 89.6 Å². The van der Waals surface area contributed by atoms with Gasteiger partial charge in [-0.25, -0.2) is 9.49 Å². The van der Waals surface area contributed by atoms with Crippen LogP contribution in [0.1, 0.15) is 46.4 Å². The van der Waals surface area contributed by atoms with Crippen LogP contribution in [0.5, 0.6) is 5.75 Å². The van der Waals surface area contributed by atoms with Crippen LogP contribution in [0, 0.1) is 5.82 Å². The van der Waals surface area contributed by atoms with Crippen molar-refractivity contribution in [2.24, 2.45) is 0 Å². The molecule has 0 spiro atoms. The van der Waals surface area contributed by atoms with E-state index in [1.54, 1.807) is 46.2 Å². The van der Waals surface area contributed by atoms with E-state index in [9.17, 15) is 33.2 Å². The lowest BCUT2D eigenvalue weighted by Gasteiger charge is -2.35. The van der Waals surface area contributed by atoms with Crippen LogP contribution in [-0.4, -0.2) is 134 Å². The molecule has 0 atom stereocenters. The van der Waals surface area contributed by atoms with E-state index < -0.39 is 11.7 Å². The number of carbonyl (C=O) groups excluding carboxylic acids is 5. The van der Waals surface area contributed by atoms with Gasteiger partial charge in [-0.15, -0.1) is 11.6 Å². The van der Waals surface area contributed by atoms with Gasteiger partial charge in [0.2, 0.25) is 17.7 Å². The zero-order valence-corrected chi connectivity index (χ0v) is 34.5. The zero-order valence-electron chi connectivity index (χ0n) is 33.7. The number of fused-ring (bicyclic) bond motifs is 2. The maximum absolute atomic E-state index is 14.9. The van der Waals surface area contributed by atoms with Gasteiger partial charge in [0, 0.05) is 76.1 Å². The predicted octanol–water partition coefficient (Wildman–Crippen LogP) is 2.58. The van der Waals surface area contributed by atoms with Crippen molar-refractivity contribution in [2.45, 2.75) is 32.1 Å². The molecule has 3 N–H and O–H groups in total. The van der Waals surface area contributed by atoms with Crippen LogP contribution in [0.2, 0.25) is 0 Å². The first-order valence-corrected chi connectivity index (χ1v) is 20.8. The lowest BCUT2D eigenvalue weighted by Crippen LogP contribution is -2.50. The quantitative estimate of drug-likeness (QED) is 0.0933. The number of H-pyrrole nitrogens is 1. The molecule has 5 amide bonds. The lowest BCUT2D eigenvalue weighted by molar-refractivity contribution is -0.134. The Morgan fingerprint density at radius 3 is 2.23 bits per heavy atom. The average Bonchev–Trinajstić information content (AvgIpc) is 3.28. The van der Waals surface area contributed by atoms with Crippen molar-refractivity contribution in [3.05, 3.63) is 99.2 Å². The van der Waals surface area contributed by atoms with Crippen LogP contribution in [0.25, 0.3) is 10.8 Å². The number of hydrogen-bond donors (Lipinski definition) is 3. The van der Waals surface area contributed by atoms with Crippen molar-refractivity contribution in [1.82, 2.24) is 30.6 Å². The molecule has 0 unspecified atom stereocenters. The fourth-order valence-electron chi connectivity index (χ4n) is 7.18. The standard InChI is InChI=1S/C43H49ClFN7O9/c44-27-41(56)52-15-3-4-30-26-31(8-10-37(30)52)61-28-39(54)47-14-21-60-23-22-59-20-13-46-38(53)11-12-40(55)50-16-18-51(19-17-50)43(58)34-24-29(7-9-35(34)45)25-36-32-5-1-2-6-33(32)42(57)49-48-36/h1-2,5-10,24,26H,3-4,11-23,25,27-28H2,(H,46,53)(H,47,54)(H,49,57). The second-order valence-corrected chi connectivity index (χ2v) is 14.8. The molecule has 0 saturated carbocycles. The first-order valence-electron chi connectivity index (χ1n) is 20.2. The summed E-state index contributed by atoms with van der Waals surface area (Å²) in [7, 11) is 0. The molecular weight excluding hydrogens is 813 g/mol. The van der Waals surface area contributed by atoms with Crippen LogP contribution in [0.3, 0.4) is 0 Å². The molecule has 1 saturated heterocycles. The van der Waals surface area contributed by atoms with Gasteiger partial charge in [0.25, 0.3) is 17.4 Å². The van der Waals surface area contributed by atoms with E-state index in [0.29, 0.717) is 40.9 Å². The number of aromatic nitrogens is 2. The Morgan fingerprint density at radius 2 is 1.49 bits per heavy atom. The summed E-state index contributed by atoms with van der Waals surface area (Å²) in [5.74, 6) is -1.62. The number of nitrogens with zero attached hydrogens (tertiary/aromatic N) is 4. The molecule has 0 aliphatic carbocycles. The van der Waals surface area contributed by atoms with Crippen molar-refractivity contribution in [1.29, 1.82) is 0 Å². The van der Waals surface area contributed by atoms with Gasteiger partial charge in [0.1, 0.15) is 17.4 Å². The Bertz CT molecular complexity index is 2270. The molecule has 0 bridgehead atoms. The minimum Gasteiger partial charge on any atom is -0.484 e. The number of amides is 5. The van der Waals surface area contributed by atoms with Crippen molar-refractivity contribution in [3.63, 3.8) is 0 Å². The Hall–Kier alpha value is -5.91. The summed E-state index contributed by atoms with van der Waals surface area (Å²) in [4.78, 5) is 79.8. The van der Waals surface area contributed by atoms with E-state index in [1.165, 1.54) is 17.0 Å². The highest BCUT2D eigenvalue weighted by Gasteiger charge is 2.27. The summed E-state index contributed by atoms with van der Waals surface area (Å²) >= 11 is 5.73. The van der Waals surface area contributed by atoms with Crippen LogP contribution in [-0.2, 0) is 41.5 Å². The Morgan fingerprint density at radius 1 is 0.787 bits per heavy atom. The van der Waals surface area contributed by atoms with Crippen molar-refractivity contribution < 1.29 is 42.6 Å². The second kappa shape index (κ2) is 22.1. The lowest BCUT2D eigenvalue weighted by atomic mass is 10.0. The van der Waals surface area contributed by atoms with Gasteiger partial charge in [0.05, 0.1) is 43.1 Å². The fourth-order valence-corrected chi connectivity index (χ4v) is 7.33. The monoisotopic (exact) mass is 861 g/mol. The molecule has 1 fully saturated rings. The molecule has 324 valence electrons. The molecule has 3 heterocycles. The topological polar surface area (TPSA) is 193 Å². The highest BCUT2D eigenvalue weighted by atomic mass is 35.5. The number of benzene rings is 3. The number of carbonyl (C=O) groups is 5. The van der Waals surface area contributed by atoms with Gasteiger partial charge in [0.15, 0.2) is 6.61 Å². The summed E-state index contributed by atoms with van der Waals surface area (Å²) in [6, 6.07) is 16.8. The summed E-state index contributed by atoms with van der Waals surface area (Å²) in [6.45, 7) is 3.07. The zero-order chi connectivity index (χ0) is 43.1. The summed E-state index contributed by atoms with van der Waals surface area (Å²) in [5.41, 5.74) is 2.65. The van der Waals surface area contributed by atoms with Gasteiger partial charge in [-0.1, -0.05) is 24.3 Å². The van der Waals surface area contributed by atoms with E-state index >= 15 is 0 Å². The summed E-state index contributed by atoms with van der Waals surface area (Å²) in [5, 5.41) is 13.3. The van der Waals surface area contributed by atoms with E-state index in [-0.39, 0.29) is 126 Å². The number of halogens is 2. The molecule has 1 aromatic heterocycles.